The van der Waals surface area contributed by atoms with E-state index in [-0.39, 0.29) is 48.4 Å². The van der Waals surface area contributed by atoms with Gasteiger partial charge in [-0.15, -0.1) is 0 Å². The minimum atomic E-state index is -0.381. The molecule has 0 radical (unpaired) electrons. The fourth-order valence-corrected chi connectivity index (χ4v) is 4.03. The van der Waals surface area contributed by atoms with E-state index in [1.54, 1.807) is 0 Å². The van der Waals surface area contributed by atoms with Gasteiger partial charge in [0.25, 0.3) is 0 Å². The van der Waals surface area contributed by atoms with Crippen molar-refractivity contribution in [1.82, 2.24) is 15.5 Å². The predicted octanol–water partition coefficient (Wildman–Crippen LogP) is -0.0962. The molecule has 2 amide bonds. The fourth-order valence-electron chi connectivity index (χ4n) is 3.83. The molecule has 3 aliphatic heterocycles. The second-order valence-corrected chi connectivity index (χ2v) is 7.31. The summed E-state index contributed by atoms with van der Waals surface area (Å²) in [5.41, 5.74) is 6.87. The van der Waals surface area contributed by atoms with Gasteiger partial charge in [-0.3, -0.25) is 14.5 Å². The Morgan fingerprint density at radius 1 is 1.14 bits per heavy atom. The molecule has 0 spiro atoms. The first-order chi connectivity index (χ1) is 13.5. The lowest BCUT2D eigenvalue weighted by Gasteiger charge is -2.18. The van der Waals surface area contributed by atoms with Crippen molar-refractivity contribution in [3.05, 3.63) is 48.0 Å². The molecule has 4 rings (SSSR count). The van der Waals surface area contributed by atoms with E-state index in [2.05, 4.69) is 15.6 Å². The number of guanidine groups is 1. The number of rotatable bonds is 5. The Morgan fingerprint density at radius 2 is 1.79 bits per heavy atom. The summed E-state index contributed by atoms with van der Waals surface area (Å²) in [4.78, 5) is 30.6. The van der Waals surface area contributed by atoms with E-state index in [1.165, 1.54) is 4.90 Å². The Kier molecular flexibility index (Phi) is 5.10. The third-order valence-corrected chi connectivity index (χ3v) is 5.39. The molecule has 4 unspecified atom stereocenters. The summed E-state index contributed by atoms with van der Waals surface area (Å²) in [6.07, 6.45) is 3.20. The highest BCUT2D eigenvalue weighted by atomic mass is 32.1. The van der Waals surface area contributed by atoms with Crippen molar-refractivity contribution in [2.45, 2.75) is 18.8 Å². The summed E-state index contributed by atoms with van der Waals surface area (Å²) in [6, 6.07) is 9.72. The highest BCUT2D eigenvalue weighted by molar-refractivity contribution is 7.80. The van der Waals surface area contributed by atoms with Crippen LogP contribution in [0.15, 0.2) is 47.5 Å². The van der Waals surface area contributed by atoms with E-state index in [0.717, 1.165) is 5.56 Å². The van der Waals surface area contributed by atoms with Gasteiger partial charge in [0.15, 0.2) is 11.1 Å². The zero-order valence-corrected chi connectivity index (χ0v) is 15.9. The molecule has 0 aliphatic carbocycles. The molecule has 2 saturated heterocycles. The molecule has 4 atom stereocenters. The number of imide groups is 1. The molecular formula is C19H21N5O3S. The molecule has 8 nitrogen and oxygen atoms in total. The van der Waals surface area contributed by atoms with Gasteiger partial charge in [-0.05, 0) is 17.8 Å². The molecule has 4 N–H and O–H groups in total. The Bertz CT molecular complexity index is 826. The van der Waals surface area contributed by atoms with Crippen LogP contribution in [0, 0.1) is 11.8 Å². The third kappa shape index (κ3) is 3.50. The fraction of sp³-hybridized carbons (Fsp3) is 0.368. The number of aliphatic imine (C=N–C) groups is 1. The molecular weight excluding hydrogens is 378 g/mol. The maximum atomic E-state index is 12.5. The average molecular weight is 399 g/mol. The smallest absolute Gasteiger partial charge is 0.236 e. The maximum absolute atomic E-state index is 12.5. The number of amides is 2. The highest BCUT2D eigenvalue weighted by Crippen LogP contribution is 2.44. The van der Waals surface area contributed by atoms with Crippen LogP contribution in [0.2, 0.25) is 0 Å². The van der Waals surface area contributed by atoms with Crippen LogP contribution in [0.5, 0.6) is 0 Å². The van der Waals surface area contributed by atoms with Gasteiger partial charge in [-0.25, -0.2) is 4.99 Å². The number of carbonyl (C=O) groups is 2. The molecule has 28 heavy (non-hydrogen) atoms. The Morgan fingerprint density at radius 3 is 2.43 bits per heavy atom. The number of benzene rings is 1. The summed E-state index contributed by atoms with van der Waals surface area (Å²) >= 11 is 5.19. The van der Waals surface area contributed by atoms with Gasteiger partial charge in [0.1, 0.15) is 0 Å². The second-order valence-electron chi connectivity index (χ2n) is 6.90. The Balaban J connectivity index is 1.23. The second kappa shape index (κ2) is 7.69. The number of carbonyl (C=O) groups excluding carboxylic acids is 2. The zero-order valence-electron chi connectivity index (χ0n) is 15.1. The summed E-state index contributed by atoms with van der Waals surface area (Å²) in [6.45, 7) is 1.02. The van der Waals surface area contributed by atoms with Gasteiger partial charge in [0.05, 0.1) is 30.6 Å². The highest BCUT2D eigenvalue weighted by Gasteiger charge is 2.60. The van der Waals surface area contributed by atoms with Crippen LogP contribution in [0.25, 0.3) is 0 Å². The summed E-state index contributed by atoms with van der Waals surface area (Å²) in [5.74, 6) is -0.904. The molecule has 3 heterocycles. The molecule has 9 heteroatoms. The average Bonchev–Trinajstić information content (AvgIpc) is 3.37. The van der Waals surface area contributed by atoms with Crippen LogP contribution in [0.1, 0.15) is 5.56 Å². The van der Waals surface area contributed by atoms with Crippen LogP contribution in [0.3, 0.4) is 0 Å². The number of nitrogens with two attached hydrogens (primary N) is 1. The number of ether oxygens (including phenoxy) is 1. The zero-order chi connectivity index (χ0) is 19.7. The van der Waals surface area contributed by atoms with Crippen LogP contribution in [-0.4, -0.2) is 53.1 Å². The van der Waals surface area contributed by atoms with E-state index in [4.69, 9.17) is 22.7 Å². The number of hydrogen-bond donors (Lipinski definition) is 3. The van der Waals surface area contributed by atoms with Crippen molar-refractivity contribution in [2.75, 3.05) is 13.1 Å². The van der Waals surface area contributed by atoms with Crippen LogP contribution in [0.4, 0.5) is 0 Å². The molecule has 2 bridgehead atoms. The van der Waals surface area contributed by atoms with Crippen molar-refractivity contribution in [1.29, 1.82) is 0 Å². The minimum absolute atomic E-state index is 0.170. The van der Waals surface area contributed by atoms with Crippen molar-refractivity contribution in [3.8, 4) is 0 Å². The summed E-state index contributed by atoms with van der Waals surface area (Å²) in [7, 11) is 0. The standard InChI is InChI=1S/C19H21N5O3S/c20-18(22-10-11-4-2-1-3-5-11)23-19(28)21-8-9-24-16(25)14-12-6-7-13(27-12)15(14)17(24)26/h1-7,12-15H,8-10H2,(H4,20,21,22,23,28). The lowest BCUT2D eigenvalue weighted by atomic mass is 9.85. The first kappa shape index (κ1) is 18.6. The molecule has 3 aliphatic rings. The number of likely N-dealkylation sites (tertiary alicyclic amines) is 1. The first-order valence-electron chi connectivity index (χ1n) is 9.12. The normalized spacial score (nSPS) is 28.0. The largest absolute Gasteiger partial charge is 0.370 e. The van der Waals surface area contributed by atoms with Gasteiger partial charge in [-0.1, -0.05) is 42.5 Å². The van der Waals surface area contributed by atoms with Gasteiger partial charge in [-0.2, -0.15) is 0 Å². The SMILES string of the molecule is NC(=NCc1ccccc1)NC(=S)NCCN1C(=O)C2C3C=CC(O3)C2C1=O. The van der Waals surface area contributed by atoms with Crippen molar-refractivity contribution in [3.63, 3.8) is 0 Å². The minimum Gasteiger partial charge on any atom is -0.370 e. The predicted molar refractivity (Wildman–Crippen MR) is 107 cm³/mol. The van der Waals surface area contributed by atoms with Gasteiger partial charge >= 0.3 is 0 Å². The molecule has 2 fully saturated rings. The summed E-state index contributed by atoms with van der Waals surface area (Å²) < 4.78 is 5.62. The third-order valence-electron chi connectivity index (χ3n) is 5.14. The molecule has 0 saturated carbocycles. The lowest BCUT2D eigenvalue weighted by Crippen LogP contribution is -2.46. The van der Waals surface area contributed by atoms with Crippen LogP contribution >= 0.6 is 12.2 Å². The van der Waals surface area contributed by atoms with Gasteiger partial charge in [0, 0.05) is 13.1 Å². The number of nitrogens with zero attached hydrogens (tertiary/aromatic N) is 2. The number of nitrogens with one attached hydrogen (secondary N) is 2. The van der Waals surface area contributed by atoms with Crippen LogP contribution in [-0.2, 0) is 20.9 Å². The van der Waals surface area contributed by atoms with E-state index < -0.39 is 0 Å². The lowest BCUT2D eigenvalue weighted by molar-refractivity contribution is -0.142. The molecule has 1 aromatic carbocycles. The van der Waals surface area contributed by atoms with E-state index in [0.29, 0.717) is 18.2 Å². The first-order valence-corrected chi connectivity index (χ1v) is 9.53. The van der Waals surface area contributed by atoms with Gasteiger partial charge in [0.2, 0.25) is 11.8 Å². The van der Waals surface area contributed by atoms with E-state index in [9.17, 15) is 9.59 Å². The number of fused-ring (bicyclic) bond motifs is 5. The topological polar surface area (TPSA) is 109 Å². The van der Waals surface area contributed by atoms with E-state index in [1.807, 2.05) is 42.5 Å². The van der Waals surface area contributed by atoms with E-state index >= 15 is 0 Å². The number of thiocarbonyl (C=S) groups is 1. The molecule has 146 valence electrons. The van der Waals surface area contributed by atoms with Gasteiger partial charge < -0.3 is 21.1 Å². The quantitative estimate of drug-likeness (QED) is 0.209. The van der Waals surface area contributed by atoms with Crippen molar-refractivity contribution >= 4 is 35.1 Å². The monoisotopic (exact) mass is 399 g/mol. The number of hydrogen-bond acceptors (Lipinski definition) is 5. The Hall–Kier alpha value is -2.78. The van der Waals surface area contributed by atoms with Crippen molar-refractivity contribution in [2.24, 2.45) is 22.6 Å². The van der Waals surface area contributed by atoms with Crippen LogP contribution < -0.4 is 16.4 Å². The maximum Gasteiger partial charge on any atom is 0.236 e. The molecule has 1 aromatic rings. The van der Waals surface area contributed by atoms with Crippen molar-refractivity contribution < 1.29 is 14.3 Å². The molecule has 0 aromatic heterocycles. The Labute approximate surface area is 167 Å². The summed E-state index contributed by atoms with van der Waals surface area (Å²) in [5, 5.41) is 6.03.